The molecular formula is C10H17BrF2O2. The number of rotatable bonds is 9. The summed E-state index contributed by atoms with van der Waals surface area (Å²) in [5.74, 6) is -4.47. The number of carboxylic acids is 1. The molecule has 0 fully saturated rings. The molecule has 0 saturated heterocycles. The number of hydrogen-bond acceptors (Lipinski definition) is 1. The van der Waals surface area contributed by atoms with Gasteiger partial charge in [-0.25, -0.2) is 8.78 Å². The van der Waals surface area contributed by atoms with Crippen LogP contribution >= 0.6 is 15.9 Å². The summed E-state index contributed by atoms with van der Waals surface area (Å²) in [5, 5.41) is 9.18. The van der Waals surface area contributed by atoms with E-state index in [-0.39, 0.29) is 6.42 Å². The smallest absolute Gasteiger partial charge is 0.309 e. The highest BCUT2D eigenvalue weighted by atomic mass is 79.9. The average Bonchev–Trinajstić information content (AvgIpc) is 2.08. The van der Waals surface area contributed by atoms with Crippen LogP contribution in [0.1, 0.15) is 44.9 Å². The highest BCUT2D eigenvalue weighted by Crippen LogP contribution is 2.25. The maximum atomic E-state index is 12.9. The molecule has 0 aromatic rings. The zero-order valence-electron chi connectivity index (χ0n) is 8.65. The van der Waals surface area contributed by atoms with E-state index in [1.165, 1.54) is 0 Å². The van der Waals surface area contributed by atoms with E-state index in [9.17, 15) is 13.6 Å². The van der Waals surface area contributed by atoms with Crippen molar-refractivity contribution in [2.24, 2.45) is 0 Å². The van der Waals surface area contributed by atoms with E-state index < -0.39 is 18.3 Å². The van der Waals surface area contributed by atoms with E-state index in [1.807, 2.05) is 0 Å². The lowest BCUT2D eigenvalue weighted by atomic mass is 10.1. The summed E-state index contributed by atoms with van der Waals surface area (Å²) in [6.07, 6.45) is 2.84. The number of carboxylic acid groups (broad SMARTS) is 1. The molecule has 0 unspecified atom stereocenters. The molecule has 5 heteroatoms. The third kappa shape index (κ3) is 10.1. The van der Waals surface area contributed by atoms with E-state index in [1.54, 1.807) is 0 Å². The van der Waals surface area contributed by atoms with Gasteiger partial charge in [-0.3, -0.25) is 4.79 Å². The summed E-state index contributed by atoms with van der Waals surface area (Å²) >= 11 is 3.29. The second kappa shape index (κ2) is 8.02. The van der Waals surface area contributed by atoms with Crippen LogP contribution in [0.15, 0.2) is 0 Å². The maximum Gasteiger partial charge on any atom is 0.309 e. The van der Waals surface area contributed by atoms with Gasteiger partial charge >= 0.3 is 5.97 Å². The van der Waals surface area contributed by atoms with E-state index in [4.69, 9.17) is 5.11 Å². The molecule has 0 rings (SSSR count). The Bertz CT molecular complexity index is 186. The van der Waals surface area contributed by atoms with E-state index >= 15 is 0 Å². The molecule has 0 aromatic heterocycles. The molecule has 90 valence electrons. The van der Waals surface area contributed by atoms with Gasteiger partial charge in [0.25, 0.3) is 5.92 Å². The van der Waals surface area contributed by atoms with Crippen LogP contribution in [0.4, 0.5) is 8.78 Å². The van der Waals surface area contributed by atoms with Gasteiger partial charge in [0.1, 0.15) is 6.42 Å². The molecule has 0 spiro atoms. The minimum Gasteiger partial charge on any atom is -0.481 e. The minimum absolute atomic E-state index is 0.312. The fourth-order valence-electron chi connectivity index (χ4n) is 1.32. The van der Waals surface area contributed by atoms with Crippen LogP contribution in [-0.4, -0.2) is 22.3 Å². The Morgan fingerprint density at radius 1 is 1.13 bits per heavy atom. The molecule has 0 aliphatic carbocycles. The Hall–Kier alpha value is -0.190. The Labute approximate surface area is 97.2 Å². The molecule has 0 atom stereocenters. The van der Waals surface area contributed by atoms with Crippen LogP contribution in [0.2, 0.25) is 0 Å². The second-order valence-corrected chi connectivity index (χ2v) is 4.43. The number of alkyl halides is 3. The van der Waals surface area contributed by atoms with E-state index in [2.05, 4.69) is 15.9 Å². The number of carbonyl (C=O) groups is 1. The summed E-state index contributed by atoms with van der Waals surface area (Å²) in [7, 11) is 0. The number of aliphatic carboxylic acids is 1. The van der Waals surface area contributed by atoms with Crippen molar-refractivity contribution >= 4 is 21.9 Å². The molecule has 0 radical (unpaired) electrons. The zero-order chi connectivity index (χ0) is 11.7. The summed E-state index contributed by atoms with van der Waals surface area (Å²) in [6, 6.07) is 0. The van der Waals surface area contributed by atoms with Gasteiger partial charge in [0.15, 0.2) is 0 Å². The Kier molecular flexibility index (Phi) is 7.92. The van der Waals surface area contributed by atoms with Gasteiger partial charge < -0.3 is 5.11 Å². The number of unbranched alkanes of at least 4 members (excludes halogenated alkanes) is 4. The van der Waals surface area contributed by atoms with Gasteiger partial charge in [0.2, 0.25) is 0 Å². The standard InChI is InChI=1S/C10H17BrF2O2/c11-7-5-3-1-2-4-6-10(12,13)8-9(14)15/h1-8H2,(H,14,15). The van der Waals surface area contributed by atoms with Crippen LogP contribution < -0.4 is 0 Å². The first kappa shape index (κ1) is 14.8. The van der Waals surface area contributed by atoms with E-state index in [0.717, 1.165) is 31.0 Å². The van der Waals surface area contributed by atoms with Gasteiger partial charge in [0, 0.05) is 11.8 Å². The van der Waals surface area contributed by atoms with Crippen LogP contribution in [-0.2, 0) is 4.79 Å². The van der Waals surface area contributed by atoms with Crippen molar-refractivity contribution in [3.8, 4) is 0 Å². The lowest BCUT2D eigenvalue weighted by molar-refractivity contribution is -0.145. The van der Waals surface area contributed by atoms with Crippen LogP contribution in [0, 0.1) is 0 Å². The molecule has 2 nitrogen and oxygen atoms in total. The van der Waals surface area contributed by atoms with Crippen LogP contribution in [0.5, 0.6) is 0 Å². The molecule has 0 aliphatic heterocycles. The first-order valence-electron chi connectivity index (χ1n) is 5.13. The third-order valence-corrected chi connectivity index (χ3v) is 2.65. The average molecular weight is 287 g/mol. The fourth-order valence-corrected chi connectivity index (χ4v) is 1.71. The van der Waals surface area contributed by atoms with Crippen molar-refractivity contribution in [1.29, 1.82) is 0 Å². The zero-order valence-corrected chi connectivity index (χ0v) is 10.2. The van der Waals surface area contributed by atoms with E-state index in [0.29, 0.717) is 6.42 Å². The predicted octanol–water partition coefficient (Wildman–Crippen LogP) is 3.83. The molecule has 0 heterocycles. The van der Waals surface area contributed by atoms with Crippen LogP contribution in [0.3, 0.4) is 0 Å². The number of halogens is 3. The summed E-state index contributed by atoms with van der Waals surface area (Å²) in [5.41, 5.74) is 0. The van der Waals surface area contributed by atoms with Gasteiger partial charge in [-0.1, -0.05) is 35.2 Å². The summed E-state index contributed by atoms with van der Waals surface area (Å²) in [6.45, 7) is 0. The van der Waals surface area contributed by atoms with Crippen molar-refractivity contribution in [3.05, 3.63) is 0 Å². The third-order valence-electron chi connectivity index (χ3n) is 2.09. The van der Waals surface area contributed by atoms with Gasteiger partial charge in [0.05, 0.1) is 0 Å². The highest BCUT2D eigenvalue weighted by Gasteiger charge is 2.31. The number of hydrogen-bond donors (Lipinski definition) is 1. The largest absolute Gasteiger partial charge is 0.481 e. The van der Waals surface area contributed by atoms with Crippen molar-refractivity contribution in [2.45, 2.75) is 50.9 Å². The molecule has 0 bridgehead atoms. The highest BCUT2D eigenvalue weighted by molar-refractivity contribution is 9.09. The van der Waals surface area contributed by atoms with Crippen molar-refractivity contribution < 1.29 is 18.7 Å². The molecule has 0 amide bonds. The lowest BCUT2D eigenvalue weighted by Gasteiger charge is -2.13. The monoisotopic (exact) mass is 286 g/mol. The summed E-state index contributed by atoms with van der Waals surface area (Å²) < 4.78 is 25.7. The topological polar surface area (TPSA) is 37.3 Å². The normalized spacial score (nSPS) is 11.7. The van der Waals surface area contributed by atoms with Crippen molar-refractivity contribution in [2.75, 3.05) is 5.33 Å². The molecule has 15 heavy (non-hydrogen) atoms. The van der Waals surface area contributed by atoms with Gasteiger partial charge in [-0.2, -0.15) is 0 Å². The maximum absolute atomic E-state index is 12.9. The quantitative estimate of drug-likeness (QED) is 0.517. The van der Waals surface area contributed by atoms with Crippen LogP contribution in [0.25, 0.3) is 0 Å². The SMILES string of the molecule is O=C(O)CC(F)(F)CCCCCCCBr. The Morgan fingerprint density at radius 3 is 2.20 bits per heavy atom. The van der Waals surface area contributed by atoms with Gasteiger partial charge in [-0.15, -0.1) is 0 Å². The Balaban J connectivity index is 3.44. The predicted molar refractivity (Wildman–Crippen MR) is 58.7 cm³/mol. The lowest BCUT2D eigenvalue weighted by Crippen LogP contribution is -2.20. The fraction of sp³-hybridized carbons (Fsp3) is 0.900. The van der Waals surface area contributed by atoms with Crippen molar-refractivity contribution in [1.82, 2.24) is 0 Å². The molecule has 0 aromatic carbocycles. The van der Waals surface area contributed by atoms with Gasteiger partial charge in [-0.05, 0) is 12.8 Å². The second-order valence-electron chi connectivity index (χ2n) is 3.63. The molecule has 0 saturated carbocycles. The van der Waals surface area contributed by atoms with Crippen molar-refractivity contribution in [3.63, 3.8) is 0 Å². The molecule has 0 aliphatic rings. The summed E-state index contributed by atoms with van der Waals surface area (Å²) in [4.78, 5) is 10.1. The molecular weight excluding hydrogens is 270 g/mol. The minimum atomic E-state index is -3.04. The molecule has 1 N–H and O–H groups in total. The Morgan fingerprint density at radius 2 is 1.67 bits per heavy atom. The first-order chi connectivity index (χ1) is 6.98. The first-order valence-corrected chi connectivity index (χ1v) is 6.26.